The molecule has 0 aromatic rings. The summed E-state index contributed by atoms with van der Waals surface area (Å²) in [4.78, 5) is 23.7. The lowest BCUT2D eigenvalue weighted by Crippen LogP contribution is -2.52. The number of hydrogen-bond acceptors (Lipinski definition) is 2. The van der Waals surface area contributed by atoms with Crippen molar-refractivity contribution in [3.8, 4) is 0 Å². The summed E-state index contributed by atoms with van der Waals surface area (Å²) in [5.41, 5.74) is -0.793. The van der Waals surface area contributed by atoms with Gasteiger partial charge in [0.25, 0.3) is 0 Å². The number of carboxylic acids is 1. The Bertz CT molecular complexity index is 376. The van der Waals surface area contributed by atoms with Crippen molar-refractivity contribution in [1.29, 1.82) is 0 Å². The summed E-state index contributed by atoms with van der Waals surface area (Å²) in [5.74, 6) is -0.0403. The first-order chi connectivity index (χ1) is 10.0. The molecule has 4 nitrogen and oxygen atoms in total. The minimum Gasteiger partial charge on any atom is -0.481 e. The fourth-order valence-electron chi connectivity index (χ4n) is 3.90. The third-order valence-electron chi connectivity index (χ3n) is 5.54. The Hall–Kier alpha value is -1.06. The number of nitrogens with one attached hydrogen (secondary N) is 1. The maximum absolute atomic E-state index is 12.2. The molecule has 0 bridgehead atoms. The fraction of sp³-hybridized carbons (Fsp3) is 0.882. The molecule has 2 unspecified atom stereocenters. The summed E-state index contributed by atoms with van der Waals surface area (Å²) in [5, 5.41) is 12.5. The highest BCUT2D eigenvalue weighted by atomic mass is 16.4. The van der Waals surface area contributed by atoms with Gasteiger partial charge in [0.15, 0.2) is 0 Å². The normalized spacial score (nSPS) is 30.8. The molecule has 1 amide bonds. The van der Waals surface area contributed by atoms with Crippen molar-refractivity contribution in [3.63, 3.8) is 0 Å². The van der Waals surface area contributed by atoms with Gasteiger partial charge in [-0.2, -0.15) is 0 Å². The topological polar surface area (TPSA) is 66.4 Å². The first-order valence-corrected chi connectivity index (χ1v) is 8.55. The molecule has 2 saturated carbocycles. The fourth-order valence-corrected chi connectivity index (χ4v) is 3.90. The summed E-state index contributed by atoms with van der Waals surface area (Å²) in [6, 6.07) is -0.206. The molecule has 4 heteroatoms. The van der Waals surface area contributed by atoms with Gasteiger partial charge < -0.3 is 10.4 Å². The maximum Gasteiger partial charge on any atom is 0.311 e. The van der Waals surface area contributed by atoms with Gasteiger partial charge in [0.1, 0.15) is 0 Å². The summed E-state index contributed by atoms with van der Waals surface area (Å²) in [7, 11) is 0. The third-order valence-corrected chi connectivity index (χ3v) is 5.54. The van der Waals surface area contributed by atoms with Crippen molar-refractivity contribution in [2.45, 2.75) is 83.6 Å². The van der Waals surface area contributed by atoms with Gasteiger partial charge in [-0.15, -0.1) is 0 Å². The minimum atomic E-state index is -0.793. The second-order valence-electron chi connectivity index (χ2n) is 7.13. The predicted octanol–water partition coefficient (Wildman–Crippen LogP) is 3.50. The molecule has 0 radical (unpaired) electrons. The van der Waals surface area contributed by atoms with Crippen LogP contribution in [-0.2, 0) is 9.59 Å². The highest BCUT2D eigenvalue weighted by Gasteiger charge is 2.43. The van der Waals surface area contributed by atoms with E-state index < -0.39 is 11.4 Å². The summed E-state index contributed by atoms with van der Waals surface area (Å²) in [6.07, 6.45) is 11.4. The highest BCUT2D eigenvalue weighted by molar-refractivity contribution is 5.79. The van der Waals surface area contributed by atoms with Gasteiger partial charge in [-0.25, -0.2) is 0 Å². The molecule has 0 aliphatic heterocycles. The predicted molar refractivity (Wildman–Crippen MR) is 82.0 cm³/mol. The Morgan fingerprint density at radius 3 is 2.43 bits per heavy atom. The molecule has 2 atom stereocenters. The lowest BCUT2D eigenvalue weighted by Gasteiger charge is -2.38. The molecule has 0 saturated heterocycles. The SMILES string of the molecule is CC1(C(=O)O)CCCCC1NC(=O)CCC1CCCCC1. The number of carbonyl (C=O) groups excluding carboxylic acids is 1. The first kappa shape index (κ1) is 16.3. The van der Waals surface area contributed by atoms with Crippen molar-refractivity contribution in [3.05, 3.63) is 0 Å². The minimum absolute atomic E-state index is 0.0416. The van der Waals surface area contributed by atoms with E-state index in [2.05, 4.69) is 5.32 Å². The number of carboxylic acid groups (broad SMARTS) is 1. The standard InChI is InChI=1S/C17H29NO3/c1-17(16(20)21)12-6-5-9-14(17)18-15(19)11-10-13-7-3-2-4-8-13/h13-14H,2-12H2,1H3,(H,18,19)(H,20,21). The Kier molecular flexibility index (Phi) is 5.65. The van der Waals surface area contributed by atoms with E-state index in [4.69, 9.17) is 0 Å². The average Bonchev–Trinajstić information content (AvgIpc) is 2.48. The molecule has 2 N–H and O–H groups in total. The molecule has 0 heterocycles. The van der Waals surface area contributed by atoms with Gasteiger partial charge in [-0.1, -0.05) is 44.9 Å². The molecule has 0 aromatic carbocycles. The summed E-state index contributed by atoms with van der Waals surface area (Å²) >= 11 is 0. The summed E-state index contributed by atoms with van der Waals surface area (Å²) in [6.45, 7) is 1.78. The van der Waals surface area contributed by atoms with E-state index in [1.165, 1.54) is 32.1 Å². The Morgan fingerprint density at radius 2 is 1.76 bits per heavy atom. The van der Waals surface area contributed by atoms with Gasteiger partial charge in [0, 0.05) is 12.5 Å². The largest absolute Gasteiger partial charge is 0.481 e. The van der Waals surface area contributed by atoms with Gasteiger partial charge in [-0.3, -0.25) is 9.59 Å². The number of hydrogen-bond donors (Lipinski definition) is 2. The lowest BCUT2D eigenvalue weighted by molar-refractivity contribution is -0.152. The third kappa shape index (κ3) is 4.21. The second-order valence-corrected chi connectivity index (χ2v) is 7.13. The van der Waals surface area contributed by atoms with E-state index in [9.17, 15) is 14.7 Å². The van der Waals surface area contributed by atoms with Gasteiger partial charge in [0.05, 0.1) is 5.41 Å². The molecule has 2 fully saturated rings. The van der Waals surface area contributed by atoms with Crippen LogP contribution in [0.5, 0.6) is 0 Å². The van der Waals surface area contributed by atoms with E-state index in [1.54, 1.807) is 6.92 Å². The van der Waals surface area contributed by atoms with Gasteiger partial charge in [0.2, 0.25) is 5.91 Å². The average molecular weight is 295 g/mol. The van der Waals surface area contributed by atoms with E-state index in [1.807, 2.05) is 0 Å². The zero-order valence-electron chi connectivity index (χ0n) is 13.2. The smallest absolute Gasteiger partial charge is 0.311 e. The van der Waals surface area contributed by atoms with Crippen LogP contribution in [0.4, 0.5) is 0 Å². The zero-order chi connectivity index (χ0) is 15.3. The molecule has 0 spiro atoms. The number of aliphatic carboxylic acids is 1. The van der Waals surface area contributed by atoms with E-state index in [0.29, 0.717) is 18.8 Å². The van der Waals surface area contributed by atoms with Crippen molar-refractivity contribution < 1.29 is 14.7 Å². The molecule has 2 rings (SSSR count). The van der Waals surface area contributed by atoms with Crippen LogP contribution in [0.1, 0.15) is 77.6 Å². The molecular weight excluding hydrogens is 266 g/mol. The Labute approximate surface area is 127 Å². The molecule has 0 aromatic heterocycles. The van der Waals surface area contributed by atoms with Crippen LogP contribution in [0.2, 0.25) is 0 Å². The van der Waals surface area contributed by atoms with Gasteiger partial charge in [-0.05, 0) is 32.1 Å². The second kappa shape index (κ2) is 7.28. The zero-order valence-corrected chi connectivity index (χ0v) is 13.2. The van der Waals surface area contributed by atoms with Crippen LogP contribution in [0, 0.1) is 11.3 Å². The van der Waals surface area contributed by atoms with Crippen molar-refractivity contribution in [2.75, 3.05) is 0 Å². The molecular formula is C17H29NO3. The van der Waals surface area contributed by atoms with Gasteiger partial charge >= 0.3 is 5.97 Å². The molecule has 120 valence electrons. The monoisotopic (exact) mass is 295 g/mol. The number of carbonyl (C=O) groups is 2. The highest BCUT2D eigenvalue weighted by Crippen LogP contribution is 2.36. The Morgan fingerprint density at radius 1 is 1.10 bits per heavy atom. The first-order valence-electron chi connectivity index (χ1n) is 8.55. The van der Waals surface area contributed by atoms with Crippen LogP contribution in [0.15, 0.2) is 0 Å². The van der Waals surface area contributed by atoms with Crippen LogP contribution in [0.3, 0.4) is 0 Å². The van der Waals surface area contributed by atoms with Crippen molar-refractivity contribution in [2.24, 2.45) is 11.3 Å². The van der Waals surface area contributed by atoms with Crippen molar-refractivity contribution >= 4 is 11.9 Å². The lowest BCUT2D eigenvalue weighted by atomic mass is 9.71. The van der Waals surface area contributed by atoms with Crippen LogP contribution < -0.4 is 5.32 Å². The Balaban J connectivity index is 1.81. The van der Waals surface area contributed by atoms with E-state index in [-0.39, 0.29) is 11.9 Å². The van der Waals surface area contributed by atoms with E-state index >= 15 is 0 Å². The number of rotatable bonds is 5. The van der Waals surface area contributed by atoms with Crippen LogP contribution in [-0.4, -0.2) is 23.0 Å². The van der Waals surface area contributed by atoms with Crippen LogP contribution in [0.25, 0.3) is 0 Å². The van der Waals surface area contributed by atoms with Crippen LogP contribution >= 0.6 is 0 Å². The maximum atomic E-state index is 12.2. The molecule has 2 aliphatic carbocycles. The quantitative estimate of drug-likeness (QED) is 0.816. The molecule has 21 heavy (non-hydrogen) atoms. The summed E-state index contributed by atoms with van der Waals surface area (Å²) < 4.78 is 0. The molecule has 2 aliphatic rings. The number of amides is 1. The van der Waals surface area contributed by atoms with E-state index in [0.717, 1.165) is 25.7 Å². The van der Waals surface area contributed by atoms with Crippen molar-refractivity contribution in [1.82, 2.24) is 5.32 Å².